The summed E-state index contributed by atoms with van der Waals surface area (Å²) in [6.07, 6.45) is 3.06. The van der Waals surface area contributed by atoms with Crippen molar-refractivity contribution in [3.63, 3.8) is 0 Å². The van der Waals surface area contributed by atoms with E-state index in [1.807, 2.05) is 48.5 Å². The quantitative estimate of drug-likeness (QED) is 0.700. The molecule has 0 saturated carbocycles. The summed E-state index contributed by atoms with van der Waals surface area (Å²) >= 11 is 5.22. The number of carbonyl (C=O) groups excluding carboxylic acids is 1. The van der Waals surface area contributed by atoms with Gasteiger partial charge in [0, 0.05) is 21.0 Å². The Morgan fingerprint density at radius 2 is 1.93 bits per heavy atom. The Bertz CT molecular complexity index is 1050. The molecule has 28 heavy (non-hydrogen) atoms. The van der Waals surface area contributed by atoms with Gasteiger partial charge in [-0.05, 0) is 18.6 Å². The van der Waals surface area contributed by atoms with Crippen molar-refractivity contribution >= 4 is 44.5 Å². The Hall–Kier alpha value is -2.12. The first-order chi connectivity index (χ1) is 13.7. The second-order valence-corrected chi connectivity index (χ2v) is 8.59. The number of amidine groups is 1. The van der Waals surface area contributed by atoms with Crippen LogP contribution >= 0.6 is 27.7 Å². The van der Waals surface area contributed by atoms with E-state index < -0.39 is 6.17 Å². The van der Waals surface area contributed by atoms with Crippen molar-refractivity contribution in [3.05, 3.63) is 69.1 Å². The first kappa shape index (κ1) is 19.2. The lowest BCUT2D eigenvalue weighted by atomic mass is 10.1. The topological polar surface area (TPSA) is 57.1 Å². The number of thioether (sulfide) groups is 1. The van der Waals surface area contributed by atoms with Crippen molar-refractivity contribution in [2.75, 3.05) is 5.75 Å². The number of halogens is 1. The molecule has 0 unspecified atom stereocenters. The minimum absolute atomic E-state index is 0.132. The number of para-hydroxylation sites is 1. The maximum atomic E-state index is 13.0. The lowest BCUT2D eigenvalue weighted by molar-refractivity contribution is -0.116. The fourth-order valence-corrected chi connectivity index (χ4v) is 4.64. The standard InChI is InChI=1S/C21H21BrN4OS/c1-2-3-8-13-28-21-24-20(27)18-15-10-5-7-12-17(15)23-19(26(18)25-21)14-9-4-6-11-16(14)22/h4-7,9-12,19H,2-3,8,13H2,1H3,(H,24,25,27)/t19-/m0/s1. The van der Waals surface area contributed by atoms with Crippen molar-refractivity contribution in [1.82, 2.24) is 10.3 Å². The molecule has 0 fully saturated rings. The maximum absolute atomic E-state index is 13.0. The van der Waals surface area contributed by atoms with E-state index in [2.05, 4.69) is 28.2 Å². The van der Waals surface area contributed by atoms with Crippen LogP contribution in [0.2, 0.25) is 0 Å². The minimum Gasteiger partial charge on any atom is -0.298 e. The van der Waals surface area contributed by atoms with Gasteiger partial charge in [0.2, 0.25) is 0 Å². The van der Waals surface area contributed by atoms with Gasteiger partial charge in [0.05, 0.1) is 5.36 Å². The van der Waals surface area contributed by atoms with Crippen LogP contribution in [0.1, 0.15) is 37.9 Å². The summed E-state index contributed by atoms with van der Waals surface area (Å²) in [5.74, 6) is 0.802. The minimum atomic E-state index is -0.391. The number of nitrogens with zero attached hydrogens (tertiary/aromatic N) is 3. The third kappa shape index (κ3) is 3.73. The van der Waals surface area contributed by atoms with Crippen LogP contribution in [0.15, 0.2) is 63.1 Å². The van der Waals surface area contributed by atoms with Crippen molar-refractivity contribution in [2.24, 2.45) is 10.1 Å². The molecule has 0 saturated heterocycles. The van der Waals surface area contributed by atoms with Gasteiger partial charge in [-0.3, -0.25) is 15.1 Å². The zero-order valence-corrected chi connectivity index (χ0v) is 18.0. The summed E-state index contributed by atoms with van der Waals surface area (Å²) in [5.41, 5.74) is 1.52. The molecule has 0 bridgehead atoms. The molecule has 0 radical (unpaired) electrons. The van der Waals surface area contributed by atoms with Crippen LogP contribution in [0.25, 0.3) is 5.70 Å². The number of nitrogens with one attached hydrogen (secondary N) is 1. The number of hydrazone groups is 1. The monoisotopic (exact) mass is 456 g/mol. The van der Waals surface area contributed by atoms with Gasteiger partial charge in [-0.25, -0.2) is 5.01 Å². The summed E-state index contributed by atoms with van der Waals surface area (Å²) < 4.78 is 0.945. The van der Waals surface area contributed by atoms with Crippen LogP contribution in [-0.4, -0.2) is 21.8 Å². The van der Waals surface area contributed by atoms with Gasteiger partial charge in [0.15, 0.2) is 11.3 Å². The first-order valence-electron chi connectivity index (χ1n) is 9.42. The number of fused-ring (bicyclic) bond motifs is 2. The van der Waals surface area contributed by atoms with Gasteiger partial charge in [-0.2, -0.15) is 0 Å². The summed E-state index contributed by atoms with van der Waals surface area (Å²) in [4.78, 5) is 17.9. The molecule has 2 aliphatic heterocycles. The highest BCUT2D eigenvalue weighted by Gasteiger charge is 2.34. The number of unbranched alkanes of at least 4 members (excludes halogenated alkanes) is 2. The Kier molecular flexibility index (Phi) is 5.82. The van der Waals surface area contributed by atoms with Crippen LogP contribution in [0.3, 0.4) is 0 Å². The molecule has 7 heteroatoms. The van der Waals surface area contributed by atoms with E-state index in [1.165, 1.54) is 12.8 Å². The number of carbonyl (C=O) groups is 1. The molecule has 5 nitrogen and oxygen atoms in total. The summed E-state index contributed by atoms with van der Waals surface area (Å²) in [7, 11) is 0. The van der Waals surface area contributed by atoms with E-state index in [1.54, 1.807) is 16.8 Å². The molecule has 1 atom stereocenters. The molecule has 0 aliphatic carbocycles. The van der Waals surface area contributed by atoms with Crippen LogP contribution in [0, 0.1) is 0 Å². The van der Waals surface area contributed by atoms with Gasteiger partial charge in [-0.1, -0.05) is 83.9 Å². The molecule has 2 aromatic carbocycles. The maximum Gasteiger partial charge on any atom is 0.276 e. The third-order valence-corrected chi connectivity index (χ3v) is 6.36. The van der Waals surface area contributed by atoms with Crippen molar-refractivity contribution in [1.29, 1.82) is 0 Å². The summed E-state index contributed by atoms with van der Waals surface area (Å²) in [5, 5.41) is 11.8. The van der Waals surface area contributed by atoms with Gasteiger partial charge in [-0.15, -0.1) is 5.10 Å². The number of hydrogen-bond donors (Lipinski definition) is 1. The predicted molar refractivity (Wildman–Crippen MR) is 117 cm³/mol. The number of rotatable bonds is 5. The Balaban J connectivity index is 1.79. The van der Waals surface area contributed by atoms with E-state index in [4.69, 9.17) is 10.1 Å². The summed E-state index contributed by atoms with van der Waals surface area (Å²) in [6.45, 7) is 2.18. The van der Waals surface area contributed by atoms with Crippen LogP contribution in [0.4, 0.5) is 0 Å². The first-order valence-corrected chi connectivity index (χ1v) is 11.2. The highest BCUT2D eigenvalue weighted by atomic mass is 79.9. The van der Waals surface area contributed by atoms with Crippen molar-refractivity contribution in [2.45, 2.75) is 32.4 Å². The molecule has 2 aromatic rings. The fraction of sp³-hybridized carbons (Fsp3) is 0.286. The predicted octanol–water partition coefficient (Wildman–Crippen LogP) is 3.52. The zero-order valence-electron chi connectivity index (χ0n) is 15.6. The molecule has 2 heterocycles. The molecule has 144 valence electrons. The lowest BCUT2D eigenvalue weighted by Gasteiger charge is -2.34. The number of hydrogen-bond acceptors (Lipinski definition) is 5. The van der Waals surface area contributed by atoms with Gasteiger partial charge in [0.1, 0.15) is 5.70 Å². The summed E-state index contributed by atoms with van der Waals surface area (Å²) in [6, 6.07) is 15.7. The highest BCUT2D eigenvalue weighted by Crippen LogP contribution is 2.34. The molecular weight excluding hydrogens is 436 g/mol. The smallest absolute Gasteiger partial charge is 0.276 e. The fourth-order valence-electron chi connectivity index (χ4n) is 3.30. The van der Waals surface area contributed by atoms with Gasteiger partial charge < -0.3 is 0 Å². The van der Waals surface area contributed by atoms with Crippen LogP contribution < -0.4 is 15.9 Å². The second kappa shape index (κ2) is 8.49. The molecule has 1 N–H and O–H groups in total. The third-order valence-electron chi connectivity index (χ3n) is 4.69. The second-order valence-electron chi connectivity index (χ2n) is 6.65. The van der Waals surface area contributed by atoms with E-state index in [0.717, 1.165) is 32.8 Å². The van der Waals surface area contributed by atoms with Gasteiger partial charge >= 0.3 is 0 Å². The largest absolute Gasteiger partial charge is 0.298 e. The van der Waals surface area contributed by atoms with E-state index >= 15 is 0 Å². The van der Waals surface area contributed by atoms with Crippen molar-refractivity contribution in [3.8, 4) is 0 Å². The van der Waals surface area contributed by atoms with Crippen LogP contribution in [0.5, 0.6) is 0 Å². The molecule has 1 amide bonds. The molecule has 0 spiro atoms. The number of amides is 1. The molecule has 0 aromatic heterocycles. The average Bonchev–Trinajstić information content (AvgIpc) is 2.71. The Morgan fingerprint density at radius 3 is 2.75 bits per heavy atom. The zero-order chi connectivity index (χ0) is 19.5. The SMILES string of the molecule is CCCCCSC1=NN2C(=c3ccccc3=N[C@@H]2c2ccccc2Br)C(=O)N1. The van der Waals surface area contributed by atoms with E-state index in [0.29, 0.717) is 10.9 Å². The highest BCUT2D eigenvalue weighted by molar-refractivity contribution is 9.10. The molecular formula is C21H21BrN4OS. The van der Waals surface area contributed by atoms with Gasteiger partial charge in [0.25, 0.3) is 5.91 Å². The average molecular weight is 457 g/mol. The van der Waals surface area contributed by atoms with Crippen molar-refractivity contribution < 1.29 is 4.79 Å². The number of benzene rings is 2. The van der Waals surface area contributed by atoms with Crippen LogP contribution in [-0.2, 0) is 4.79 Å². The van der Waals surface area contributed by atoms with E-state index in [9.17, 15) is 4.79 Å². The molecule has 2 aliphatic rings. The Labute approximate surface area is 176 Å². The normalized spacial score (nSPS) is 18.0. The Morgan fingerprint density at radius 1 is 1.14 bits per heavy atom. The van der Waals surface area contributed by atoms with E-state index in [-0.39, 0.29) is 5.91 Å². The molecule has 4 rings (SSSR count). The lowest BCUT2D eigenvalue weighted by Crippen LogP contribution is -2.50.